The van der Waals surface area contributed by atoms with E-state index in [-0.39, 0.29) is 5.91 Å². The van der Waals surface area contributed by atoms with E-state index in [4.69, 9.17) is 0 Å². The van der Waals surface area contributed by atoms with Gasteiger partial charge in [-0.3, -0.25) is 9.89 Å². The third kappa shape index (κ3) is 5.63. The van der Waals surface area contributed by atoms with Crippen molar-refractivity contribution < 1.29 is 4.79 Å². The van der Waals surface area contributed by atoms with Crippen molar-refractivity contribution in [1.29, 1.82) is 0 Å². The Hall–Kier alpha value is -1.75. The number of benzene rings is 1. The van der Waals surface area contributed by atoms with Gasteiger partial charge in [0.15, 0.2) is 0 Å². The highest BCUT2D eigenvalue weighted by Crippen LogP contribution is 2.17. The predicted molar refractivity (Wildman–Crippen MR) is 86.4 cm³/mol. The molecule has 2 N–H and O–H groups in total. The van der Waals surface area contributed by atoms with Gasteiger partial charge in [0.1, 0.15) is 0 Å². The van der Waals surface area contributed by atoms with E-state index in [1.165, 1.54) is 10.5 Å². The van der Waals surface area contributed by atoms with Crippen molar-refractivity contribution in [3.05, 3.63) is 47.8 Å². The fraction of sp³-hybridized carbons (Fsp3) is 0.375. The van der Waals surface area contributed by atoms with Gasteiger partial charge in [0.25, 0.3) is 0 Å². The standard InChI is InChI=1S/C16H21N3OS/c1-13-14(12-18-19-13)6-5-10-17-16(20)9-11-21-15-7-3-2-4-8-15/h2-4,7-8,12H,5-6,9-11H2,1H3,(H,17,20)(H,18,19). The molecule has 0 aliphatic heterocycles. The van der Waals surface area contributed by atoms with Crippen LogP contribution in [0.15, 0.2) is 41.4 Å². The average molecular weight is 303 g/mol. The Morgan fingerprint density at radius 2 is 2.14 bits per heavy atom. The van der Waals surface area contributed by atoms with Crippen molar-refractivity contribution in [3.63, 3.8) is 0 Å². The summed E-state index contributed by atoms with van der Waals surface area (Å²) in [7, 11) is 0. The average Bonchev–Trinajstić information content (AvgIpc) is 2.90. The summed E-state index contributed by atoms with van der Waals surface area (Å²) < 4.78 is 0. The van der Waals surface area contributed by atoms with Crippen LogP contribution in [0.25, 0.3) is 0 Å². The minimum atomic E-state index is 0.127. The topological polar surface area (TPSA) is 57.8 Å². The number of nitrogens with zero attached hydrogens (tertiary/aromatic N) is 1. The Kier molecular flexibility index (Phi) is 6.34. The molecule has 2 rings (SSSR count). The molecule has 1 amide bonds. The second-order valence-corrected chi connectivity index (χ2v) is 6.05. The zero-order valence-corrected chi connectivity index (χ0v) is 13.1. The van der Waals surface area contributed by atoms with Crippen LogP contribution in [0.4, 0.5) is 0 Å². The molecule has 21 heavy (non-hydrogen) atoms. The van der Waals surface area contributed by atoms with E-state index in [0.717, 1.165) is 30.8 Å². The van der Waals surface area contributed by atoms with Crippen LogP contribution in [0, 0.1) is 6.92 Å². The van der Waals surface area contributed by atoms with Crippen molar-refractivity contribution in [2.45, 2.75) is 31.1 Å². The van der Waals surface area contributed by atoms with Crippen molar-refractivity contribution >= 4 is 17.7 Å². The highest BCUT2D eigenvalue weighted by molar-refractivity contribution is 7.99. The number of carbonyl (C=O) groups is 1. The second kappa shape index (κ2) is 8.52. The highest BCUT2D eigenvalue weighted by atomic mass is 32.2. The summed E-state index contributed by atoms with van der Waals surface area (Å²) in [5.41, 5.74) is 2.34. The number of nitrogens with one attached hydrogen (secondary N) is 2. The molecule has 0 saturated carbocycles. The first-order valence-electron chi connectivity index (χ1n) is 7.19. The number of aromatic nitrogens is 2. The minimum Gasteiger partial charge on any atom is -0.356 e. The van der Waals surface area contributed by atoms with Gasteiger partial charge in [-0.1, -0.05) is 18.2 Å². The van der Waals surface area contributed by atoms with Gasteiger partial charge in [0.05, 0.1) is 6.20 Å². The third-order valence-electron chi connectivity index (χ3n) is 3.22. The minimum absolute atomic E-state index is 0.127. The van der Waals surface area contributed by atoms with Crippen LogP contribution in [0.3, 0.4) is 0 Å². The fourth-order valence-electron chi connectivity index (χ4n) is 2.00. The molecular formula is C16H21N3OS. The van der Waals surface area contributed by atoms with Gasteiger partial charge in [-0.05, 0) is 37.5 Å². The van der Waals surface area contributed by atoms with E-state index in [1.54, 1.807) is 11.8 Å². The summed E-state index contributed by atoms with van der Waals surface area (Å²) in [5, 5.41) is 9.88. The molecule has 0 saturated heterocycles. The van der Waals surface area contributed by atoms with Crippen molar-refractivity contribution in [1.82, 2.24) is 15.5 Å². The maximum atomic E-state index is 11.7. The zero-order valence-electron chi connectivity index (χ0n) is 12.3. The van der Waals surface area contributed by atoms with Crippen LogP contribution >= 0.6 is 11.8 Å². The summed E-state index contributed by atoms with van der Waals surface area (Å²) in [6, 6.07) is 10.2. The lowest BCUT2D eigenvalue weighted by Crippen LogP contribution is -2.25. The second-order valence-electron chi connectivity index (χ2n) is 4.89. The summed E-state index contributed by atoms with van der Waals surface area (Å²) in [4.78, 5) is 12.9. The van der Waals surface area contributed by atoms with E-state index in [9.17, 15) is 4.79 Å². The number of aromatic amines is 1. The van der Waals surface area contributed by atoms with Crippen LogP contribution < -0.4 is 5.32 Å². The molecule has 0 aliphatic rings. The predicted octanol–water partition coefficient (Wildman–Crippen LogP) is 2.95. The smallest absolute Gasteiger partial charge is 0.220 e. The fourth-order valence-corrected chi connectivity index (χ4v) is 2.87. The molecule has 4 nitrogen and oxygen atoms in total. The van der Waals surface area contributed by atoms with Gasteiger partial charge in [-0.15, -0.1) is 11.8 Å². The molecule has 0 spiro atoms. The van der Waals surface area contributed by atoms with Crippen molar-refractivity contribution in [2.24, 2.45) is 0 Å². The van der Waals surface area contributed by atoms with Crippen LogP contribution in [0.2, 0.25) is 0 Å². The Morgan fingerprint density at radius 1 is 1.33 bits per heavy atom. The zero-order chi connectivity index (χ0) is 14.9. The summed E-state index contributed by atoms with van der Waals surface area (Å²) in [5.74, 6) is 0.943. The number of thioether (sulfide) groups is 1. The molecule has 1 heterocycles. The first-order chi connectivity index (χ1) is 10.3. The number of amides is 1. The van der Waals surface area contributed by atoms with Crippen LogP contribution in [0.5, 0.6) is 0 Å². The molecule has 0 unspecified atom stereocenters. The quantitative estimate of drug-likeness (QED) is 0.582. The van der Waals surface area contributed by atoms with E-state index in [0.29, 0.717) is 6.42 Å². The number of H-pyrrole nitrogens is 1. The molecule has 112 valence electrons. The largest absolute Gasteiger partial charge is 0.356 e. The monoisotopic (exact) mass is 303 g/mol. The molecule has 0 aliphatic carbocycles. The van der Waals surface area contributed by atoms with E-state index >= 15 is 0 Å². The van der Waals surface area contributed by atoms with E-state index < -0.39 is 0 Å². The molecule has 1 aromatic carbocycles. The number of hydrogen-bond acceptors (Lipinski definition) is 3. The molecule has 0 fully saturated rings. The summed E-state index contributed by atoms with van der Waals surface area (Å²) in [6.45, 7) is 2.74. The molecule has 0 radical (unpaired) electrons. The SMILES string of the molecule is Cc1[nH]ncc1CCCNC(=O)CCSc1ccccc1. The first kappa shape index (κ1) is 15.6. The molecule has 5 heteroatoms. The normalized spacial score (nSPS) is 10.5. The summed E-state index contributed by atoms with van der Waals surface area (Å²) in [6.07, 6.45) is 4.30. The van der Waals surface area contributed by atoms with Gasteiger partial charge < -0.3 is 5.32 Å². The number of hydrogen-bond donors (Lipinski definition) is 2. The maximum Gasteiger partial charge on any atom is 0.220 e. The molecule has 0 atom stereocenters. The van der Waals surface area contributed by atoms with Crippen LogP contribution in [-0.4, -0.2) is 28.4 Å². The van der Waals surface area contributed by atoms with E-state index in [1.807, 2.05) is 31.3 Å². The lowest BCUT2D eigenvalue weighted by molar-refractivity contribution is -0.120. The van der Waals surface area contributed by atoms with Gasteiger partial charge in [0, 0.05) is 29.3 Å². The lowest BCUT2D eigenvalue weighted by Gasteiger charge is -2.05. The number of aryl methyl sites for hydroxylation is 2. The van der Waals surface area contributed by atoms with Gasteiger partial charge in [-0.2, -0.15) is 5.10 Å². The van der Waals surface area contributed by atoms with Gasteiger partial charge in [-0.25, -0.2) is 0 Å². The van der Waals surface area contributed by atoms with Crippen molar-refractivity contribution in [3.8, 4) is 0 Å². The van der Waals surface area contributed by atoms with E-state index in [2.05, 4.69) is 27.6 Å². The molecule has 2 aromatic rings. The molecule has 0 bridgehead atoms. The number of rotatable bonds is 8. The van der Waals surface area contributed by atoms with Crippen LogP contribution in [-0.2, 0) is 11.2 Å². The Bertz CT molecular complexity index is 554. The third-order valence-corrected chi connectivity index (χ3v) is 4.23. The van der Waals surface area contributed by atoms with Gasteiger partial charge >= 0.3 is 0 Å². The Morgan fingerprint density at radius 3 is 2.86 bits per heavy atom. The lowest BCUT2D eigenvalue weighted by atomic mass is 10.1. The van der Waals surface area contributed by atoms with Crippen LogP contribution in [0.1, 0.15) is 24.1 Å². The van der Waals surface area contributed by atoms with Gasteiger partial charge in [0.2, 0.25) is 5.91 Å². The molecule has 1 aromatic heterocycles. The first-order valence-corrected chi connectivity index (χ1v) is 8.17. The Balaban J connectivity index is 1.55. The summed E-state index contributed by atoms with van der Waals surface area (Å²) >= 11 is 1.71. The van der Waals surface area contributed by atoms with Crippen molar-refractivity contribution in [2.75, 3.05) is 12.3 Å². The number of carbonyl (C=O) groups excluding carboxylic acids is 1. The maximum absolute atomic E-state index is 11.7. The Labute approximate surface area is 129 Å². The molecular weight excluding hydrogens is 282 g/mol. The highest BCUT2D eigenvalue weighted by Gasteiger charge is 2.03.